The Morgan fingerprint density at radius 1 is 1.10 bits per heavy atom. The van der Waals surface area contributed by atoms with E-state index in [1.165, 1.54) is 0 Å². The molecule has 0 fully saturated rings. The molecule has 0 spiro atoms. The van der Waals surface area contributed by atoms with Gasteiger partial charge in [-0.2, -0.15) is 0 Å². The highest BCUT2D eigenvalue weighted by molar-refractivity contribution is 5.83. The third kappa shape index (κ3) is 7.83. The van der Waals surface area contributed by atoms with E-state index in [2.05, 4.69) is 42.3 Å². The highest BCUT2D eigenvalue weighted by atomic mass is 16.5. The van der Waals surface area contributed by atoms with Crippen LogP contribution in [0.3, 0.4) is 0 Å². The number of benzene rings is 1. The zero-order valence-electron chi connectivity index (χ0n) is 25.6. The summed E-state index contributed by atoms with van der Waals surface area (Å²) in [6.45, 7) is 16.4. The summed E-state index contributed by atoms with van der Waals surface area (Å²) in [7, 11) is 0. The van der Waals surface area contributed by atoms with Gasteiger partial charge in [-0.25, -0.2) is 0 Å². The van der Waals surface area contributed by atoms with Gasteiger partial charge >= 0.3 is 0 Å². The Labute approximate surface area is 243 Å². The van der Waals surface area contributed by atoms with E-state index >= 15 is 0 Å². The van der Waals surface area contributed by atoms with Crippen molar-refractivity contribution >= 4 is 16.9 Å². The standard InChI is InChI=1S/C33H44N4O4/c1-19(2)9-11-26(31-21(4)13-20(3)17-35-31)36-29(38)15-24-10-12-27-25(14-24)16-28(40-27)32(39-18-33(7,8)34)30-22(5)37-41-23(30)6/h10,12-14,16-17,19,26,32H,9,11,15,18,34H2,1-8H3,(H,36,38). The number of pyridine rings is 1. The number of aromatic nitrogens is 2. The molecule has 0 saturated carbocycles. The summed E-state index contributed by atoms with van der Waals surface area (Å²) in [6, 6.07) is 9.78. The molecular weight excluding hydrogens is 516 g/mol. The Hall–Kier alpha value is -3.49. The van der Waals surface area contributed by atoms with Gasteiger partial charge in [0, 0.05) is 17.1 Å². The SMILES string of the molecule is Cc1cnc(C(CCC(C)C)NC(=O)Cc2ccc3oc(C(OCC(C)(C)N)c4c(C)noc4C)cc3c2)c(C)c1. The Bertz CT molecular complexity index is 1480. The van der Waals surface area contributed by atoms with Gasteiger partial charge in [-0.15, -0.1) is 0 Å². The maximum atomic E-state index is 13.3. The molecule has 0 aliphatic carbocycles. The van der Waals surface area contributed by atoms with Gasteiger partial charge < -0.3 is 24.7 Å². The first-order valence-corrected chi connectivity index (χ1v) is 14.4. The minimum Gasteiger partial charge on any atom is -0.458 e. The number of nitrogens with one attached hydrogen (secondary N) is 1. The molecule has 220 valence electrons. The van der Waals surface area contributed by atoms with Gasteiger partial charge in [-0.05, 0) is 95.2 Å². The van der Waals surface area contributed by atoms with Crippen molar-refractivity contribution in [2.75, 3.05) is 6.61 Å². The van der Waals surface area contributed by atoms with Crippen LogP contribution in [0.2, 0.25) is 0 Å². The molecule has 1 aromatic carbocycles. The molecule has 0 aliphatic rings. The molecule has 41 heavy (non-hydrogen) atoms. The second kappa shape index (κ2) is 12.6. The number of aryl methyl sites for hydroxylation is 4. The summed E-state index contributed by atoms with van der Waals surface area (Å²) < 4.78 is 17.9. The maximum Gasteiger partial charge on any atom is 0.224 e. The van der Waals surface area contributed by atoms with Crippen LogP contribution in [0.25, 0.3) is 11.0 Å². The molecule has 8 heteroatoms. The van der Waals surface area contributed by atoms with Gasteiger partial charge in [-0.3, -0.25) is 9.78 Å². The first kappa shape index (κ1) is 30.5. The summed E-state index contributed by atoms with van der Waals surface area (Å²) in [5.74, 6) is 1.80. The molecule has 3 N–H and O–H groups in total. The van der Waals surface area contributed by atoms with E-state index in [-0.39, 0.29) is 18.4 Å². The molecule has 2 atom stereocenters. The molecular formula is C33H44N4O4. The average Bonchev–Trinajstić information content (AvgIpc) is 3.44. The van der Waals surface area contributed by atoms with Crippen LogP contribution in [0.15, 0.2) is 45.5 Å². The van der Waals surface area contributed by atoms with Crippen molar-refractivity contribution < 1.29 is 18.5 Å². The van der Waals surface area contributed by atoms with Gasteiger partial charge in [0.05, 0.1) is 36.0 Å². The van der Waals surface area contributed by atoms with Crippen LogP contribution >= 0.6 is 0 Å². The fourth-order valence-electron chi connectivity index (χ4n) is 5.12. The molecule has 0 aliphatic heterocycles. The number of rotatable bonds is 12. The van der Waals surface area contributed by atoms with Gasteiger partial charge in [0.2, 0.25) is 5.91 Å². The summed E-state index contributed by atoms with van der Waals surface area (Å²) in [4.78, 5) is 17.9. The van der Waals surface area contributed by atoms with Crippen molar-refractivity contribution in [3.63, 3.8) is 0 Å². The van der Waals surface area contributed by atoms with Crippen molar-refractivity contribution in [1.29, 1.82) is 0 Å². The summed E-state index contributed by atoms with van der Waals surface area (Å²) in [6.07, 6.45) is 3.45. The fourth-order valence-corrected chi connectivity index (χ4v) is 5.12. The number of nitrogens with zero attached hydrogens (tertiary/aromatic N) is 2. The molecule has 8 nitrogen and oxygen atoms in total. The third-order valence-electron chi connectivity index (χ3n) is 7.15. The van der Waals surface area contributed by atoms with Gasteiger partial charge in [0.15, 0.2) is 0 Å². The molecule has 0 saturated heterocycles. The number of carbonyl (C=O) groups excluding carboxylic acids is 1. The molecule has 2 unspecified atom stereocenters. The van der Waals surface area contributed by atoms with Crippen molar-refractivity contribution in [2.24, 2.45) is 11.7 Å². The second-order valence-electron chi connectivity index (χ2n) is 12.4. The molecule has 4 rings (SSSR count). The highest BCUT2D eigenvalue weighted by Crippen LogP contribution is 2.35. The minimum atomic E-state index is -0.524. The van der Waals surface area contributed by atoms with E-state index in [9.17, 15) is 4.79 Å². The predicted molar refractivity (Wildman–Crippen MR) is 161 cm³/mol. The lowest BCUT2D eigenvalue weighted by molar-refractivity contribution is -0.121. The van der Waals surface area contributed by atoms with Gasteiger partial charge in [0.25, 0.3) is 0 Å². The van der Waals surface area contributed by atoms with E-state index in [4.69, 9.17) is 19.4 Å². The molecule has 3 heterocycles. The lowest BCUT2D eigenvalue weighted by atomic mass is 9.97. The summed E-state index contributed by atoms with van der Waals surface area (Å²) >= 11 is 0. The summed E-state index contributed by atoms with van der Waals surface area (Å²) in [5.41, 5.74) is 12.0. The monoisotopic (exact) mass is 560 g/mol. The van der Waals surface area contributed by atoms with Crippen molar-refractivity contribution in [3.05, 3.63) is 81.7 Å². The molecule has 0 bridgehead atoms. The quantitative estimate of drug-likeness (QED) is 0.197. The first-order chi connectivity index (χ1) is 19.3. The Balaban J connectivity index is 1.55. The third-order valence-corrected chi connectivity index (χ3v) is 7.15. The predicted octanol–water partition coefficient (Wildman–Crippen LogP) is 6.73. The number of fused-ring (bicyclic) bond motifs is 1. The molecule has 3 aromatic heterocycles. The second-order valence-corrected chi connectivity index (χ2v) is 12.4. The van der Waals surface area contributed by atoms with Gasteiger partial charge in [0.1, 0.15) is 23.2 Å². The average molecular weight is 561 g/mol. The van der Waals surface area contributed by atoms with Crippen LogP contribution in [-0.4, -0.2) is 28.2 Å². The lowest BCUT2D eigenvalue weighted by Gasteiger charge is -2.23. The molecule has 4 aromatic rings. The Kier molecular flexibility index (Phi) is 9.34. The fraction of sp³-hybridized carbons (Fsp3) is 0.485. The largest absolute Gasteiger partial charge is 0.458 e. The van der Waals surface area contributed by atoms with Crippen LogP contribution in [0, 0.1) is 33.6 Å². The minimum absolute atomic E-state index is 0.0364. The van der Waals surface area contributed by atoms with E-state index in [1.54, 1.807) is 0 Å². The number of nitrogens with two attached hydrogens (primary N) is 1. The van der Waals surface area contributed by atoms with E-state index < -0.39 is 11.6 Å². The Morgan fingerprint density at radius 3 is 2.49 bits per heavy atom. The van der Waals surface area contributed by atoms with Crippen LogP contribution in [0.1, 0.15) is 97.8 Å². The van der Waals surface area contributed by atoms with Crippen molar-refractivity contribution in [1.82, 2.24) is 15.5 Å². The number of carbonyl (C=O) groups is 1. The Morgan fingerprint density at radius 2 is 1.85 bits per heavy atom. The van der Waals surface area contributed by atoms with Gasteiger partial charge in [-0.1, -0.05) is 31.1 Å². The van der Waals surface area contributed by atoms with Crippen molar-refractivity contribution in [2.45, 2.75) is 92.3 Å². The molecule has 0 radical (unpaired) electrons. The normalized spacial score (nSPS) is 13.6. The first-order valence-electron chi connectivity index (χ1n) is 14.4. The number of hydrogen-bond acceptors (Lipinski definition) is 7. The highest BCUT2D eigenvalue weighted by Gasteiger charge is 2.28. The van der Waals surface area contributed by atoms with E-state index in [1.807, 2.05) is 65.1 Å². The topological polar surface area (TPSA) is 116 Å². The maximum absolute atomic E-state index is 13.3. The van der Waals surface area contributed by atoms with Crippen LogP contribution < -0.4 is 11.1 Å². The lowest BCUT2D eigenvalue weighted by Crippen LogP contribution is -2.38. The van der Waals surface area contributed by atoms with E-state index in [0.29, 0.717) is 29.6 Å². The molecule has 1 amide bonds. The van der Waals surface area contributed by atoms with E-state index in [0.717, 1.165) is 51.9 Å². The number of ether oxygens (including phenoxy) is 1. The van der Waals surface area contributed by atoms with Crippen LogP contribution in [0.4, 0.5) is 0 Å². The van der Waals surface area contributed by atoms with Crippen molar-refractivity contribution in [3.8, 4) is 0 Å². The summed E-state index contributed by atoms with van der Waals surface area (Å²) in [5, 5.41) is 8.26. The van der Waals surface area contributed by atoms with Crippen LogP contribution in [0.5, 0.6) is 0 Å². The number of hydrogen-bond donors (Lipinski definition) is 2. The smallest absolute Gasteiger partial charge is 0.224 e. The zero-order valence-corrected chi connectivity index (χ0v) is 25.6. The number of amides is 1. The van der Waals surface area contributed by atoms with Crippen LogP contribution in [-0.2, 0) is 16.0 Å². The number of furan rings is 1. The zero-order chi connectivity index (χ0) is 29.9.